The Labute approximate surface area is 135 Å². The van der Waals surface area contributed by atoms with Crippen LogP contribution in [0.1, 0.15) is 47.6 Å². The lowest BCUT2D eigenvalue weighted by atomic mass is 10.2. The Bertz CT molecular complexity index is 702. The summed E-state index contributed by atoms with van der Waals surface area (Å²) < 4.78 is 29.5. The number of halogens is 2. The van der Waals surface area contributed by atoms with Crippen LogP contribution in [-0.4, -0.2) is 16.5 Å². The van der Waals surface area contributed by atoms with Gasteiger partial charge in [-0.15, -0.1) is 0 Å². The third-order valence-electron chi connectivity index (χ3n) is 4.08. The second-order valence-corrected chi connectivity index (χ2v) is 5.89. The van der Waals surface area contributed by atoms with Crippen LogP contribution in [0.3, 0.4) is 0 Å². The summed E-state index contributed by atoms with van der Waals surface area (Å²) in [5.74, 6) is -1.44. The fourth-order valence-corrected chi connectivity index (χ4v) is 2.59. The molecule has 0 unspecified atom stereocenters. The van der Waals surface area contributed by atoms with Crippen molar-refractivity contribution in [3.05, 3.63) is 58.4 Å². The van der Waals surface area contributed by atoms with E-state index >= 15 is 0 Å². The lowest BCUT2D eigenvalue weighted by Crippen LogP contribution is -2.34. The fourth-order valence-electron chi connectivity index (χ4n) is 2.59. The van der Waals surface area contributed by atoms with Gasteiger partial charge >= 0.3 is 0 Å². The van der Waals surface area contributed by atoms with Crippen molar-refractivity contribution in [2.24, 2.45) is 0 Å². The molecule has 0 aliphatic carbocycles. The zero-order valence-corrected chi connectivity index (χ0v) is 13.9. The van der Waals surface area contributed by atoms with Crippen molar-refractivity contribution in [3.63, 3.8) is 0 Å². The molecule has 2 aromatic rings. The van der Waals surface area contributed by atoms with E-state index in [4.69, 9.17) is 0 Å². The number of aromatic nitrogens is 1. The summed E-state index contributed by atoms with van der Waals surface area (Å²) in [4.78, 5) is 12.5. The maximum absolute atomic E-state index is 13.9. The molecule has 0 bridgehead atoms. The number of amides is 1. The molecule has 0 spiro atoms. The maximum atomic E-state index is 13.9. The van der Waals surface area contributed by atoms with Gasteiger partial charge in [0, 0.05) is 17.3 Å². The third-order valence-corrected chi connectivity index (χ3v) is 4.08. The zero-order chi connectivity index (χ0) is 17.1. The smallest absolute Gasteiger partial charge is 0.268 e. The first-order valence-corrected chi connectivity index (χ1v) is 7.75. The van der Waals surface area contributed by atoms with E-state index in [1.54, 1.807) is 4.57 Å². The largest absolute Gasteiger partial charge is 0.348 e. The molecule has 0 saturated heterocycles. The van der Waals surface area contributed by atoms with Gasteiger partial charge in [0.25, 0.3) is 5.91 Å². The quantitative estimate of drug-likeness (QED) is 0.889. The minimum absolute atomic E-state index is 0.0125. The molecular formula is C18H22F2N2O. The van der Waals surface area contributed by atoms with Gasteiger partial charge in [-0.25, -0.2) is 8.78 Å². The van der Waals surface area contributed by atoms with Crippen LogP contribution in [0.25, 0.3) is 0 Å². The van der Waals surface area contributed by atoms with Crippen LogP contribution in [0, 0.1) is 25.5 Å². The van der Waals surface area contributed by atoms with Gasteiger partial charge < -0.3 is 9.88 Å². The number of rotatable bonds is 5. The Kier molecular flexibility index (Phi) is 5.19. The van der Waals surface area contributed by atoms with E-state index in [9.17, 15) is 13.6 Å². The molecular weight excluding hydrogens is 298 g/mol. The average molecular weight is 320 g/mol. The lowest BCUT2D eigenvalue weighted by Gasteiger charge is -2.16. The van der Waals surface area contributed by atoms with Crippen molar-refractivity contribution in [3.8, 4) is 0 Å². The number of nitrogens with zero attached hydrogens (tertiary/aromatic N) is 1. The van der Waals surface area contributed by atoms with Crippen LogP contribution in [-0.2, 0) is 6.54 Å². The first-order chi connectivity index (χ1) is 10.8. The molecule has 0 radical (unpaired) electrons. The van der Waals surface area contributed by atoms with E-state index < -0.39 is 11.6 Å². The van der Waals surface area contributed by atoms with Gasteiger partial charge in [0.05, 0.1) is 6.54 Å². The van der Waals surface area contributed by atoms with Crippen molar-refractivity contribution >= 4 is 5.91 Å². The summed E-state index contributed by atoms with van der Waals surface area (Å²) in [6.45, 7) is 7.54. The minimum Gasteiger partial charge on any atom is -0.348 e. The molecule has 23 heavy (non-hydrogen) atoms. The van der Waals surface area contributed by atoms with Crippen molar-refractivity contribution in [2.45, 2.75) is 46.7 Å². The summed E-state index contributed by atoms with van der Waals surface area (Å²) in [5, 5.41) is 2.91. The molecule has 1 aromatic heterocycles. The van der Waals surface area contributed by atoms with E-state index in [2.05, 4.69) is 5.32 Å². The number of hydrogen-bond acceptors (Lipinski definition) is 1. The first kappa shape index (κ1) is 17.2. The highest BCUT2D eigenvalue weighted by Crippen LogP contribution is 2.20. The van der Waals surface area contributed by atoms with Gasteiger partial charge in [-0.3, -0.25) is 4.79 Å². The number of nitrogens with one attached hydrogen (secondary N) is 1. The molecule has 2 rings (SSSR count). The van der Waals surface area contributed by atoms with Crippen LogP contribution >= 0.6 is 0 Å². The second-order valence-electron chi connectivity index (χ2n) is 5.89. The first-order valence-electron chi connectivity index (χ1n) is 7.75. The predicted molar refractivity (Wildman–Crippen MR) is 86.6 cm³/mol. The number of hydrogen-bond donors (Lipinski definition) is 1. The van der Waals surface area contributed by atoms with Crippen molar-refractivity contribution < 1.29 is 13.6 Å². The van der Waals surface area contributed by atoms with Crippen LogP contribution in [0.4, 0.5) is 8.78 Å². The highest BCUT2D eigenvalue weighted by molar-refractivity contribution is 5.94. The number of benzene rings is 1. The Morgan fingerprint density at radius 1 is 1.26 bits per heavy atom. The summed E-state index contributed by atoms with van der Waals surface area (Å²) in [6, 6.07) is 5.67. The summed E-state index contributed by atoms with van der Waals surface area (Å²) >= 11 is 0. The highest BCUT2D eigenvalue weighted by Gasteiger charge is 2.20. The lowest BCUT2D eigenvalue weighted by molar-refractivity contribution is 0.0929. The molecule has 124 valence electrons. The molecule has 1 atom stereocenters. The zero-order valence-electron chi connectivity index (χ0n) is 13.9. The average Bonchev–Trinajstić information content (AvgIpc) is 2.76. The van der Waals surface area contributed by atoms with Crippen molar-refractivity contribution in [1.82, 2.24) is 9.88 Å². The van der Waals surface area contributed by atoms with Crippen molar-refractivity contribution in [1.29, 1.82) is 0 Å². The van der Waals surface area contributed by atoms with Gasteiger partial charge in [0.1, 0.15) is 17.3 Å². The SMILES string of the molecule is CC[C@@H](C)NC(=O)c1c(C)cc(C)n1Cc1c(F)cccc1F. The van der Waals surface area contributed by atoms with Crippen LogP contribution in [0.5, 0.6) is 0 Å². The Hall–Kier alpha value is -2.17. The van der Waals surface area contributed by atoms with Gasteiger partial charge in [-0.1, -0.05) is 13.0 Å². The highest BCUT2D eigenvalue weighted by atomic mass is 19.1. The molecule has 1 N–H and O–H groups in total. The topological polar surface area (TPSA) is 34.0 Å². The maximum Gasteiger partial charge on any atom is 0.268 e. The Balaban J connectivity index is 2.41. The van der Waals surface area contributed by atoms with E-state index in [-0.39, 0.29) is 24.1 Å². The van der Waals surface area contributed by atoms with E-state index in [1.807, 2.05) is 33.8 Å². The van der Waals surface area contributed by atoms with Gasteiger partial charge in [-0.2, -0.15) is 0 Å². The van der Waals surface area contributed by atoms with Gasteiger partial charge in [-0.05, 0) is 51.0 Å². The number of carbonyl (C=O) groups is 1. The van der Waals surface area contributed by atoms with Crippen LogP contribution in [0.2, 0.25) is 0 Å². The molecule has 1 heterocycles. The summed E-state index contributed by atoms with van der Waals surface area (Å²) in [6.07, 6.45) is 0.812. The van der Waals surface area contributed by atoms with Gasteiger partial charge in [0.2, 0.25) is 0 Å². The molecule has 0 aliphatic rings. The van der Waals surface area contributed by atoms with E-state index in [0.717, 1.165) is 17.7 Å². The third kappa shape index (κ3) is 3.60. The van der Waals surface area contributed by atoms with Gasteiger partial charge in [0.15, 0.2) is 0 Å². The summed E-state index contributed by atoms with van der Waals surface area (Å²) in [7, 11) is 0. The van der Waals surface area contributed by atoms with E-state index in [1.165, 1.54) is 18.2 Å². The van der Waals surface area contributed by atoms with Crippen LogP contribution in [0.15, 0.2) is 24.3 Å². The summed E-state index contributed by atoms with van der Waals surface area (Å²) in [5.41, 5.74) is 1.99. The number of carbonyl (C=O) groups excluding carboxylic acids is 1. The minimum atomic E-state index is -0.607. The van der Waals surface area contributed by atoms with Crippen LogP contribution < -0.4 is 5.32 Å². The normalized spacial score (nSPS) is 12.3. The molecule has 5 heteroatoms. The second kappa shape index (κ2) is 6.94. The molecule has 0 fully saturated rings. The Morgan fingerprint density at radius 2 is 1.87 bits per heavy atom. The molecule has 0 aliphatic heterocycles. The predicted octanol–water partition coefficient (Wildman–Crippen LogP) is 3.96. The molecule has 3 nitrogen and oxygen atoms in total. The van der Waals surface area contributed by atoms with E-state index in [0.29, 0.717) is 5.69 Å². The fraction of sp³-hybridized carbons (Fsp3) is 0.389. The molecule has 1 amide bonds. The Morgan fingerprint density at radius 3 is 2.43 bits per heavy atom. The standard InChI is InChI=1S/C18H22F2N2O/c1-5-12(3)21-18(23)17-11(2)9-13(4)22(17)10-14-15(19)7-6-8-16(14)20/h6-9,12H,5,10H2,1-4H3,(H,21,23)/t12-/m1/s1. The van der Waals surface area contributed by atoms with Crippen molar-refractivity contribution in [2.75, 3.05) is 0 Å². The monoisotopic (exact) mass is 320 g/mol. The number of aryl methyl sites for hydroxylation is 2. The molecule has 1 aromatic carbocycles. The molecule has 0 saturated carbocycles.